The summed E-state index contributed by atoms with van der Waals surface area (Å²) in [6.45, 7) is 5.79. The molecule has 0 aliphatic rings. The first-order valence-corrected chi connectivity index (χ1v) is 6.75. The van der Waals surface area contributed by atoms with Crippen LogP contribution in [0.4, 0.5) is 5.95 Å². The number of ether oxygens (including phenoxy) is 1. The Bertz CT molecular complexity index is 559. The Balaban J connectivity index is 2.03. The first-order valence-electron chi connectivity index (χ1n) is 6.37. The van der Waals surface area contributed by atoms with Crippen LogP contribution in [0, 0.1) is 0 Å². The van der Waals surface area contributed by atoms with Crippen LogP contribution in [0.3, 0.4) is 0 Å². The predicted molar refractivity (Wildman–Crippen MR) is 73.6 cm³/mol. The van der Waals surface area contributed by atoms with Crippen LogP contribution < -0.4 is 10.1 Å². The average molecular weight is 298 g/mol. The van der Waals surface area contributed by atoms with Gasteiger partial charge in [0, 0.05) is 6.54 Å². The van der Waals surface area contributed by atoms with Gasteiger partial charge in [0.15, 0.2) is 5.82 Å². The van der Waals surface area contributed by atoms with Crippen molar-refractivity contribution in [3.8, 4) is 6.01 Å². The second-order valence-corrected chi connectivity index (χ2v) is 4.28. The summed E-state index contributed by atoms with van der Waals surface area (Å²) >= 11 is 5.83. The van der Waals surface area contributed by atoms with E-state index in [1.165, 1.54) is 0 Å². The number of hydrogen-bond donors (Lipinski definition) is 1. The molecule has 2 heterocycles. The highest BCUT2D eigenvalue weighted by Crippen LogP contribution is 2.12. The summed E-state index contributed by atoms with van der Waals surface area (Å²) in [6.07, 6.45) is 2.54. The Labute approximate surface area is 121 Å². The highest BCUT2D eigenvalue weighted by atomic mass is 35.5. The SMILES string of the molecule is CCCOc1nc(Cl)nc(NCc2nncn2CC)n1. The Morgan fingerprint density at radius 1 is 1.30 bits per heavy atom. The zero-order chi connectivity index (χ0) is 14.4. The molecule has 0 bridgehead atoms. The van der Waals surface area contributed by atoms with Gasteiger partial charge in [-0.2, -0.15) is 15.0 Å². The fourth-order valence-corrected chi connectivity index (χ4v) is 1.66. The van der Waals surface area contributed by atoms with Crippen molar-refractivity contribution in [2.24, 2.45) is 0 Å². The van der Waals surface area contributed by atoms with E-state index >= 15 is 0 Å². The van der Waals surface area contributed by atoms with E-state index in [0.29, 0.717) is 19.1 Å². The molecule has 2 aromatic heterocycles. The normalized spacial score (nSPS) is 10.6. The van der Waals surface area contributed by atoms with Gasteiger partial charge in [-0.25, -0.2) is 0 Å². The number of aryl methyl sites for hydroxylation is 1. The molecule has 9 heteroatoms. The molecule has 1 N–H and O–H groups in total. The lowest BCUT2D eigenvalue weighted by atomic mass is 10.5. The summed E-state index contributed by atoms with van der Waals surface area (Å²) in [7, 11) is 0. The van der Waals surface area contributed by atoms with E-state index in [-0.39, 0.29) is 11.3 Å². The zero-order valence-corrected chi connectivity index (χ0v) is 12.1. The Kier molecular flexibility index (Phi) is 5.05. The summed E-state index contributed by atoms with van der Waals surface area (Å²) in [4.78, 5) is 12.0. The third-order valence-corrected chi connectivity index (χ3v) is 2.63. The molecule has 0 saturated heterocycles. The standard InChI is InChI=1S/C11H16ClN7O/c1-3-5-20-11-16-9(12)15-10(17-11)13-6-8-18-14-7-19(8)4-2/h7H,3-6H2,1-2H3,(H,13,15,16,17). The summed E-state index contributed by atoms with van der Waals surface area (Å²) < 4.78 is 7.26. The van der Waals surface area contributed by atoms with Crippen molar-refractivity contribution in [2.45, 2.75) is 33.4 Å². The molecule has 2 rings (SSSR count). The molecule has 0 saturated carbocycles. The maximum Gasteiger partial charge on any atom is 0.322 e. The maximum atomic E-state index is 5.83. The molecule has 0 aromatic carbocycles. The van der Waals surface area contributed by atoms with Crippen LogP contribution in [0.1, 0.15) is 26.1 Å². The fourth-order valence-electron chi connectivity index (χ4n) is 1.51. The number of nitrogens with zero attached hydrogens (tertiary/aromatic N) is 6. The number of hydrogen-bond acceptors (Lipinski definition) is 7. The quantitative estimate of drug-likeness (QED) is 0.828. The maximum absolute atomic E-state index is 5.83. The Hall–Kier alpha value is -1.96. The van der Waals surface area contributed by atoms with E-state index in [0.717, 1.165) is 18.8 Å². The van der Waals surface area contributed by atoms with Crippen LogP contribution in [0.5, 0.6) is 6.01 Å². The smallest absolute Gasteiger partial charge is 0.322 e. The van der Waals surface area contributed by atoms with Crippen molar-refractivity contribution in [1.82, 2.24) is 29.7 Å². The van der Waals surface area contributed by atoms with Gasteiger partial charge in [-0.15, -0.1) is 10.2 Å². The molecule has 0 spiro atoms. The van der Waals surface area contributed by atoms with Crippen LogP contribution in [0.2, 0.25) is 5.28 Å². The van der Waals surface area contributed by atoms with Gasteiger partial charge in [0.05, 0.1) is 13.2 Å². The van der Waals surface area contributed by atoms with Crippen molar-refractivity contribution < 1.29 is 4.74 Å². The topological polar surface area (TPSA) is 90.6 Å². The summed E-state index contributed by atoms with van der Waals surface area (Å²) in [6, 6.07) is 0.214. The number of halogens is 1. The molecule has 0 fully saturated rings. The summed E-state index contributed by atoms with van der Waals surface area (Å²) in [5.74, 6) is 1.14. The van der Waals surface area contributed by atoms with E-state index in [4.69, 9.17) is 16.3 Å². The largest absolute Gasteiger partial charge is 0.463 e. The van der Waals surface area contributed by atoms with Gasteiger partial charge in [-0.3, -0.25) is 0 Å². The van der Waals surface area contributed by atoms with Crippen molar-refractivity contribution in [3.63, 3.8) is 0 Å². The van der Waals surface area contributed by atoms with Gasteiger partial charge in [0.1, 0.15) is 6.33 Å². The van der Waals surface area contributed by atoms with Gasteiger partial charge in [0.2, 0.25) is 11.2 Å². The van der Waals surface area contributed by atoms with Crippen molar-refractivity contribution in [2.75, 3.05) is 11.9 Å². The van der Waals surface area contributed by atoms with Gasteiger partial charge in [-0.05, 0) is 24.9 Å². The minimum Gasteiger partial charge on any atom is -0.463 e. The number of nitrogens with one attached hydrogen (secondary N) is 1. The Morgan fingerprint density at radius 3 is 2.90 bits per heavy atom. The zero-order valence-electron chi connectivity index (χ0n) is 11.4. The lowest BCUT2D eigenvalue weighted by Gasteiger charge is -2.07. The van der Waals surface area contributed by atoms with Crippen molar-refractivity contribution in [1.29, 1.82) is 0 Å². The van der Waals surface area contributed by atoms with Crippen LogP contribution in [0.15, 0.2) is 6.33 Å². The predicted octanol–water partition coefficient (Wildman–Crippen LogP) is 1.54. The molecule has 108 valence electrons. The Morgan fingerprint density at radius 2 is 2.15 bits per heavy atom. The second kappa shape index (κ2) is 6.99. The van der Waals surface area contributed by atoms with E-state index < -0.39 is 0 Å². The van der Waals surface area contributed by atoms with Crippen molar-refractivity contribution >= 4 is 17.5 Å². The molecule has 8 nitrogen and oxygen atoms in total. The first-order chi connectivity index (χ1) is 9.72. The average Bonchev–Trinajstić information content (AvgIpc) is 2.90. The minimum atomic E-state index is 0.0885. The van der Waals surface area contributed by atoms with E-state index in [2.05, 4.69) is 30.5 Å². The highest BCUT2D eigenvalue weighted by molar-refractivity contribution is 6.28. The lowest BCUT2D eigenvalue weighted by Crippen LogP contribution is -2.11. The highest BCUT2D eigenvalue weighted by Gasteiger charge is 2.08. The molecule has 0 amide bonds. The lowest BCUT2D eigenvalue weighted by molar-refractivity contribution is 0.291. The molecule has 0 aliphatic carbocycles. The number of anilines is 1. The second-order valence-electron chi connectivity index (χ2n) is 3.95. The molecular formula is C11H16ClN7O. The molecular weight excluding hydrogens is 282 g/mol. The molecule has 0 radical (unpaired) electrons. The third kappa shape index (κ3) is 3.77. The molecule has 2 aromatic rings. The number of rotatable bonds is 7. The van der Waals surface area contributed by atoms with Crippen LogP contribution in [0.25, 0.3) is 0 Å². The molecule has 0 atom stereocenters. The minimum absolute atomic E-state index is 0.0885. The monoisotopic (exact) mass is 297 g/mol. The van der Waals surface area contributed by atoms with E-state index in [1.807, 2.05) is 18.4 Å². The van der Waals surface area contributed by atoms with Gasteiger partial charge < -0.3 is 14.6 Å². The van der Waals surface area contributed by atoms with Crippen molar-refractivity contribution in [3.05, 3.63) is 17.4 Å². The molecule has 20 heavy (non-hydrogen) atoms. The van der Waals surface area contributed by atoms with E-state index in [9.17, 15) is 0 Å². The van der Waals surface area contributed by atoms with Gasteiger partial charge in [-0.1, -0.05) is 6.92 Å². The summed E-state index contributed by atoms with van der Waals surface area (Å²) in [5, 5.41) is 11.0. The molecule has 0 unspecified atom stereocenters. The van der Waals surface area contributed by atoms with Gasteiger partial charge in [0.25, 0.3) is 0 Å². The molecule has 0 aliphatic heterocycles. The summed E-state index contributed by atoms with van der Waals surface area (Å²) in [5.41, 5.74) is 0. The first kappa shape index (κ1) is 14.4. The van der Waals surface area contributed by atoms with E-state index in [1.54, 1.807) is 6.33 Å². The van der Waals surface area contributed by atoms with Crippen LogP contribution in [-0.2, 0) is 13.1 Å². The van der Waals surface area contributed by atoms with Crippen LogP contribution in [-0.4, -0.2) is 36.3 Å². The number of aromatic nitrogens is 6. The van der Waals surface area contributed by atoms with Crippen LogP contribution >= 0.6 is 11.6 Å². The van der Waals surface area contributed by atoms with Gasteiger partial charge >= 0.3 is 6.01 Å². The third-order valence-electron chi connectivity index (χ3n) is 2.46. The fraction of sp³-hybridized carbons (Fsp3) is 0.545.